The van der Waals surface area contributed by atoms with E-state index in [0.29, 0.717) is 5.84 Å². The topological polar surface area (TPSA) is 71.1 Å². The molecule has 5 nitrogen and oxygen atoms in total. The molecule has 1 aliphatic heterocycles. The SMILES string of the molecule is CC(C)N1C=CC(N)=NC1OO. The molecule has 1 heterocycles. The van der Waals surface area contributed by atoms with E-state index in [1.165, 1.54) is 0 Å². The van der Waals surface area contributed by atoms with Gasteiger partial charge in [-0.1, -0.05) is 0 Å². The summed E-state index contributed by atoms with van der Waals surface area (Å²) in [6.45, 7) is 3.93. The zero-order valence-electron chi connectivity index (χ0n) is 7.14. The van der Waals surface area contributed by atoms with E-state index in [0.717, 1.165) is 0 Å². The second kappa shape index (κ2) is 3.55. The van der Waals surface area contributed by atoms with Gasteiger partial charge >= 0.3 is 0 Å². The molecule has 68 valence electrons. The van der Waals surface area contributed by atoms with Crippen LogP contribution < -0.4 is 5.73 Å². The highest BCUT2D eigenvalue weighted by Crippen LogP contribution is 2.11. The number of hydrogen-bond donors (Lipinski definition) is 2. The van der Waals surface area contributed by atoms with Gasteiger partial charge in [-0.25, -0.2) is 10.2 Å². The second-order valence-corrected chi connectivity index (χ2v) is 2.84. The summed E-state index contributed by atoms with van der Waals surface area (Å²) in [4.78, 5) is 9.75. The van der Waals surface area contributed by atoms with Crippen molar-refractivity contribution in [3.05, 3.63) is 12.3 Å². The van der Waals surface area contributed by atoms with Crippen molar-refractivity contribution < 1.29 is 10.1 Å². The summed E-state index contributed by atoms with van der Waals surface area (Å²) in [6.07, 6.45) is 2.69. The average Bonchev–Trinajstić information content (AvgIpc) is 2.03. The molecule has 0 aromatic rings. The largest absolute Gasteiger partial charge is 0.384 e. The Morgan fingerprint density at radius 1 is 1.75 bits per heavy atom. The standard InChI is InChI=1S/C7H13N3O2/c1-5(2)10-4-3-6(8)9-7(10)12-11/h3-5,7,11H,1-2H3,(H2,8,9). The van der Waals surface area contributed by atoms with Crippen LogP contribution in [0.2, 0.25) is 0 Å². The Hall–Kier alpha value is -1.07. The fourth-order valence-electron chi connectivity index (χ4n) is 0.978. The normalized spacial score (nSPS) is 23.2. The molecule has 1 aliphatic rings. The van der Waals surface area contributed by atoms with Gasteiger partial charge in [0.15, 0.2) is 0 Å². The quantitative estimate of drug-likeness (QED) is 0.464. The predicted molar refractivity (Wildman–Crippen MR) is 45.2 cm³/mol. The molecule has 1 atom stereocenters. The fraction of sp³-hybridized carbons (Fsp3) is 0.571. The number of hydrogen-bond acceptors (Lipinski definition) is 5. The molecule has 1 unspecified atom stereocenters. The highest BCUT2D eigenvalue weighted by molar-refractivity contribution is 5.91. The van der Waals surface area contributed by atoms with Gasteiger partial charge in [0.2, 0.25) is 0 Å². The molecule has 0 saturated carbocycles. The van der Waals surface area contributed by atoms with Crippen molar-refractivity contribution >= 4 is 5.84 Å². The molecule has 0 amide bonds. The molecular formula is C7H13N3O2. The van der Waals surface area contributed by atoms with Crippen molar-refractivity contribution in [3.63, 3.8) is 0 Å². The van der Waals surface area contributed by atoms with E-state index in [9.17, 15) is 0 Å². The summed E-state index contributed by atoms with van der Waals surface area (Å²) < 4.78 is 0. The summed E-state index contributed by atoms with van der Waals surface area (Å²) in [5.74, 6) is 0.353. The Bertz CT molecular complexity index is 213. The number of nitrogens with two attached hydrogens (primary N) is 1. The van der Waals surface area contributed by atoms with E-state index in [2.05, 4.69) is 9.88 Å². The van der Waals surface area contributed by atoms with Gasteiger partial charge in [-0.3, -0.25) is 0 Å². The van der Waals surface area contributed by atoms with Gasteiger partial charge in [0.25, 0.3) is 6.35 Å². The van der Waals surface area contributed by atoms with E-state index >= 15 is 0 Å². The first-order chi connectivity index (χ1) is 5.65. The van der Waals surface area contributed by atoms with E-state index < -0.39 is 6.35 Å². The minimum atomic E-state index is -0.713. The van der Waals surface area contributed by atoms with Crippen LogP contribution in [-0.4, -0.2) is 28.4 Å². The molecule has 3 N–H and O–H groups in total. The lowest BCUT2D eigenvalue weighted by molar-refractivity contribution is -0.307. The van der Waals surface area contributed by atoms with Crippen molar-refractivity contribution in [3.8, 4) is 0 Å². The van der Waals surface area contributed by atoms with Gasteiger partial charge in [0.05, 0.1) is 0 Å². The van der Waals surface area contributed by atoms with Gasteiger partial charge in [-0.2, -0.15) is 4.89 Å². The smallest absolute Gasteiger partial charge is 0.260 e. The van der Waals surface area contributed by atoms with Crippen LogP contribution in [0.25, 0.3) is 0 Å². The highest BCUT2D eigenvalue weighted by atomic mass is 17.1. The summed E-state index contributed by atoms with van der Waals surface area (Å²) in [5, 5.41) is 8.49. The molecule has 12 heavy (non-hydrogen) atoms. The maximum absolute atomic E-state index is 8.49. The van der Waals surface area contributed by atoms with Crippen molar-refractivity contribution in [2.75, 3.05) is 0 Å². The van der Waals surface area contributed by atoms with Crippen LogP contribution in [-0.2, 0) is 4.89 Å². The van der Waals surface area contributed by atoms with Crippen LogP contribution in [0.5, 0.6) is 0 Å². The third-order valence-electron chi connectivity index (χ3n) is 1.62. The number of rotatable bonds is 2. The van der Waals surface area contributed by atoms with Gasteiger partial charge in [0, 0.05) is 12.2 Å². The monoisotopic (exact) mass is 171 g/mol. The van der Waals surface area contributed by atoms with Crippen LogP contribution in [0, 0.1) is 0 Å². The molecule has 0 fully saturated rings. The van der Waals surface area contributed by atoms with Gasteiger partial charge in [-0.05, 0) is 19.9 Å². The van der Waals surface area contributed by atoms with Crippen LogP contribution >= 0.6 is 0 Å². The average molecular weight is 171 g/mol. The van der Waals surface area contributed by atoms with E-state index in [-0.39, 0.29) is 6.04 Å². The van der Waals surface area contributed by atoms with Crippen molar-refractivity contribution in [2.45, 2.75) is 26.2 Å². The maximum Gasteiger partial charge on any atom is 0.260 e. The lowest BCUT2D eigenvalue weighted by Crippen LogP contribution is -2.40. The highest BCUT2D eigenvalue weighted by Gasteiger charge is 2.20. The predicted octanol–water partition coefficient (Wildman–Crippen LogP) is 0.354. The molecule has 0 aromatic carbocycles. The van der Waals surface area contributed by atoms with Crippen molar-refractivity contribution in [1.82, 2.24) is 4.90 Å². The third-order valence-corrected chi connectivity index (χ3v) is 1.62. The summed E-state index contributed by atoms with van der Waals surface area (Å²) in [7, 11) is 0. The summed E-state index contributed by atoms with van der Waals surface area (Å²) in [5.41, 5.74) is 5.41. The van der Waals surface area contributed by atoms with E-state index in [1.54, 1.807) is 17.2 Å². The number of aliphatic imine (C=N–C) groups is 1. The first kappa shape index (κ1) is 9.02. The van der Waals surface area contributed by atoms with Crippen molar-refractivity contribution in [1.29, 1.82) is 0 Å². The van der Waals surface area contributed by atoms with Gasteiger partial charge < -0.3 is 10.6 Å². The number of nitrogens with zero attached hydrogens (tertiary/aromatic N) is 2. The van der Waals surface area contributed by atoms with Gasteiger partial charge in [0.1, 0.15) is 5.84 Å². The Labute approximate surface area is 71.1 Å². The minimum Gasteiger partial charge on any atom is -0.384 e. The molecular weight excluding hydrogens is 158 g/mol. The lowest BCUT2D eigenvalue weighted by Gasteiger charge is -2.30. The van der Waals surface area contributed by atoms with Crippen LogP contribution in [0.1, 0.15) is 13.8 Å². The summed E-state index contributed by atoms with van der Waals surface area (Å²) >= 11 is 0. The number of amidine groups is 1. The molecule has 0 radical (unpaired) electrons. The van der Waals surface area contributed by atoms with E-state index in [4.69, 9.17) is 11.0 Å². The maximum atomic E-state index is 8.49. The van der Waals surface area contributed by atoms with Crippen LogP contribution in [0.15, 0.2) is 17.3 Å². The zero-order valence-corrected chi connectivity index (χ0v) is 7.14. The Balaban J connectivity index is 2.73. The van der Waals surface area contributed by atoms with Crippen LogP contribution in [0.4, 0.5) is 0 Å². The first-order valence-electron chi connectivity index (χ1n) is 3.74. The zero-order chi connectivity index (χ0) is 9.14. The summed E-state index contributed by atoms with van der Waals surface area (Å²) in [6, 6.07) is 0.204. The minimum absolute atomic E-state index is 0.204. The van der Waals surface area contributed by atoms with Gasteiger partial charge in [-0.15, -0.1) is 0 Å². The third kappa shape index (κ3) is 1.75. The second-order valence-electron chi connectivity index (χ2n) is 2.84. The first-order valence-corrected chi connectivity index (χ1v) is 3.74. The van der Waals surface area contributed by atoms with E-state index in [1.807, 2.05) is 13.8 Å². The molecule has 0 saturated heterocycles. The molecule has 0 aromatic heterocycles. The Kier molecular flexibility index (Phi) is 2.67. The molecule has 5 heteroatoms. The lowest BCUT2D eigenvalue weighted by atomic mass is 10.3. The molecule has 0 bridgehead atoms. The molecule has 1 rings (SSSR count). The Morgan fingerprint density at radius 3 is 2.92 bits per heavy atom. The molecule has 0 aliphatic carbocycles. The fourth-order valence-corrected chi connectivity index (χ4v) is 0.978. The molecule has 0 spiro atoms. The van der Waals surface area contributed by atoms with Crippen molar-refractivity contribution in [2.24, 2.45) is 10.7 Å². The van der Waals surface area contributed by atoms with Crippen LogP contribution in [0.3, 0.4) is 0 Å². The Morgan fingerprint density at radius 2 is 2.42 bits per heavy atom.